The zero-order valence-corrected chi connectivity index (χ0v) is 11.5. The van der Waals surface area contributed by atoms with Gasteiger partial charge in [-0.25, -0.2) is 0 Å². The largest absolute Gasteiger partial charge is 0.377 e. The predicted molar refractivity (Wildman–Crippen MR) is 66.7 cm³/mol. The molecule has 0 atom stereocenters. The molecule has 0 aromatic carbocycles. The van der Waals surface area contributed by atoms with Gasteiger partial charge in [-0.1, -0.05) is 24.4 Å². The highest BCUT2D eigenvalue weighted by atomic mass is 16.5. The molecule has 6 nitrogen and oxygen atoms in total. The summed E-state index contributed by atoms with van der Waals surface area (Å²) in [6, 6.07) is 0. The Kier molecular flexibility index (Phi) is 4.66. The van der Waals surface area contributed by atoms with Crippen LogP contribution in [0.25, 0.3) is 0 Å². The second-order valence-corrected chi connectivity index (χ2v) is 4.92. The molecule has 0 amide bonds. The topological polar surface area (TPSA) is 74.5 Å². The Morgan fingerprint density at radius 1 is 1.32 bits per heavy atom. The SMILES string of the molecule is COCC(=O)Cc1nc(C2(OC)CCCCC2)no1. The molecule has 6 heteroatoms. The number of hydrogen-bond donors (Lipinski definition) is 0. The predicted octanol–water partition coefficient (Wildman–Crippen LogP) is 1.63. The van der Waals surface area contributed by atoms with Gasteiger partial charge < -0.3 is 14.0 Å². The van der Waals surface area contributed by atoms with Crippen LogP contribution in [-0.2, 0) is 26.3 Å². The third-order valence-electron chi connectivity index (χ3n) is 3.58. The molecule has 1 aromatic heterocycles. The van der Waals surface area contributed by atoms with Gasteiger partial charge in [0.05, 0.1) is 6.42 Å². The monoisotopic (exact) mass is 268 g/mol. The van der Waals surface area contributed by atoms with Gasteiger partial charge in [0.15, 0.2) is 5.78 Å². The molecule has 1 fully saturated rings. The summed E-state index contributed by atoms with van der Waals surface area (Å²) in [5, 5.41) is 3.99. The minimum absolute atomic E-state index is 0.0626. The Balaban J connectivity index is 2.08. The lowest BCUT2D eigenvalue weighted by Gasteiger charge is -2.32. The van der Waals surface area contributed by atoms with Gasteiger partial charge in [0, 0.05) is 14.2 Å². The maximum Gasteiger partial charge on any atom is 0.234 e. The Bertz CT molecular complexity index is 424. The first-order valence-electron chi connectivity index (χ1n) is 6.59. The number of ketones is 1. The molecule has 0 aliphatic heterocycles. The van der Waals surface area contributed by atoms with Crippen molar-refractivity contribution in [2.24, 2.45) is 0 Å². The number of carbonyl (C=O) groups excluding carboxylic acids is 1. The fraction of sp³-hybridized carbons (Fsp3) is 0.769. The number of hydrogen-bond acceptors (Lipinski definition) is 6. The molecule has 0 N–H and O–H groups in total. The maximum atomic E-state index is 11.5. The quantitative estimate of drug-likeness (QED) is 0.780. The van der Waals surface area contributed by atoms with Gasteiger partial charge >= 0.3 is 0 Å². The molecule has 0 saturated heterocycles. The lowest BCUT2D eigenvalue weighted by atomic mass is 9.84. The molecule has 0 bridgehead atoms. The van der Waals surface area contributed by atoms with Crippen molar-refractivity contribution >= 4 is 5.78 Å². The number of Topliss-reactive ketones (excluding diaryl/α,β-unsaturated/α-hetero) is 1. The first-order chi connectivity index (χ1) is 9.20. The minimum atomic E-state index is -0.440. The lowest BCUT2D eigenvalue weighted by molar-refractivity contribution is -0.122. The number of carbonyl (C=O) groups is 1. The van der Waals surface area contributed by atoms with Crippen LogP contribution in [0, 0.1) is 0 Å². The van der Waals surface area contributed by atoms with E-state index in [1.54, 1.807) is 7.11 Å². The summed E-state index contributed by atoms with van der Waals surface area (Å²) in [5.74, 6) is 0.821. The first-order valence-corrected chi connectivity index (χ1v) is 6.59. The van der Waals surface area contributed by atoms with Crippen molar-refractivity contribution < 1.29 is 18.8 Å². The van der Waals surface area contributed by atoms with E-state index in [0.29, 0.717) is 11.7 Å². The molecule has 1 aromatic rings. The molecule has 2 rings (SSSR count). The van der Waals surface area contributed by atoms with E-state index in [1.807, 2.05) is 0 Å². The summed E-state index contributed by atoms with van der Waals surface area (Å²) in [6.45, 7) is 0.0626. The first kappa shape index (κ1) is 14.1. The van der Waals surface area contributed by atoms with E-state index in [9.17, 15) is 4.79 Å². The van der Waals surface area contributed by atoms with Gasteiger partial charge in [0.1, 0.15) is 12.2 Å². The lowest BCUT2D eigenvalue weighted by Crippen LogP contribution is -2.32. The Labute approximate surface area is 112 Å². The molecular weight excluding hydrogens is 248 g/mol. The van der Waals surface area contributed by atoms with Crippen LogP contribution in [-0.4, -0.2) is 36.8 Å². The summed E-state index contributed by atoms with van der Waals surface area (Å²) in [7, 11) is 3.16. The Morgan fingerprint density at radius 2 is 2.05 bits per heavy atom. The van der Waals surface area contributed by atoms with Crippen molar-refractivity contribution in [1.82, 2.24) is 10.1 Å². The minimum Gasteiger partial charge on any atom is -0.377 e. The molecule has 0 unspecified atom stereocenters. The average molecular weight is 268 g/mol. The number of methoxy groups -OCH3 is 2. The fourth-order valence-corrected chi connectivity index (χ4v) is 2.53. The molecule has 0 spiro atoms. The van der Waals surface area contributed by atoms with Crippen molar-refractivity contribution in [3.05, 3.63) is 11.7 Å². The molecule has 0 radical (unpaired) electrons. The van der Waals surface area contributed by atoms with Crippen molar-refractivity contribution in [2.75, 3.05) is 20.8 Å². The highest BCUT2D eigenvalue weighted by molar-refractivity contribution is 5.81. The van der Waals surface area contributed by atoms with Crippen LogP contribution in [0.3, 0.4) is 0 Å². The summed E-state index contributed by atoms with van der Waals surface area (Å²) >= 11 is 0. The average Bonchev–Trinajstić information content (AvgIpc) is 2.89. The zero-order valence-electron chi connectivity index (χ0n) is 11.5. The van der Waals surface area contributed by atoms with Crippen LogP contribution >= 0.6 is 0 Å². The van der Waals surface area contributed by atoms with E-state index >= 15 is 0 Å². The van der Waals surface area contributed by atoms with Gasteiger partial charge in [-0.3, -0.25) is 4.79 Å². The van der Waals surface area contributed by atoms with E-state index in [1.165, 1.54) is 13.5 Å². The van der Waals surface area contributed by atoms with Crippen LogP contribution in [0.5, 0.6) is 0 Å². The van der Waals surface area contributed by atoms with E-state index < -0.39 is 5.60 Å². The van der Waals surface area contributed by atoms with Gasteiger partial charge in [-0.2, -0.15) is 4.98 Å². The standard InChI is InChI=1S/C13H20N2O4/c1-17-9-10(16)8-11-14-12(15-19-11)13(18-2)6-4-3-5-7-13/h3-9H2,1-2H3. The molecule has 1 aliphatic carbocycles. The van der Waals surface area contributed by atoms with Crippen molar-refractivity contribution in [3.63, 3.8) is 0 Å². The highest BCUT2D eigenvalue weighted by Gasteiger charge is 2.38. The third-order valence-corrected chi connectivity index (χ3v) is 3.58. The smallest absolute Gasteiger partial charge is 0.234 e. The normalized spacial score (nSPS) is 18.4. The van der Waals surface area contributed by atoms with Crippen molar-refractivity contribution in [3.8, 4) is 0 Å². The molecular formula is C13H20N2O4. The van der Waals surface area contributed by atoms with E-state index in [4.69, 9.17) is 14.0 Å². The summed E-state index contributed by atoms with van der Waals surface area (Å²) in [6.07, 6.45) is 5.31. The molecule has 1 heterocycles. The molecule has 1 aliphatic rings. The van der Waals surface area contributed by atoms with Crippen molar-refractivity contribution in [1.29, 1.82) is 0 Å². The second-order valence-electron chi connectivity index (χ2n) is 4.92. The highest BCUT2D eigenvalue weighted by Crippen LogP contribution is 2.38. The summed E-state index contributed by atoms with van der Waals surface area (Å²) < 4.78 is 15.6. The molecule has 19 heavy (non-hydrogen) atoms. The second kappa shape index (κ2) is 6.25. The van der Waals surface area contributed by atoms with Gasteiger partial charge in [0.25, 0.3) is 0 Å². The van der Waals surface area contributed by atoms with Crippen molar-refractivity contribution in [2.45, 2.75) is 44.1 Å². The van der Waals surface area contributed by atoms with Crippen LogP contribution in [0.15, 0.2) is 4.52 Å². The van der Waals surface area contributed by atoms with E-state index in [-0.39, 0.29) is 18.8 Å². The Morgan fingerprint density at radius 3 is 2.68 bits per heavy atom. The van der Waals surface area contributed by atoms with Gasteiger partial charge in [-0.05, 0) is 12.8 Å². The summed E-state index contributed by atoms with van der Waals surface area (Å²) in [4.78, 5) is 15.8. The number of rotatable bonds is 6. The van der Waals surface area contributed by atoms with Crippen LogP contribution < -0.4 is 0 Å². The zero-order chi connectivity index (χ0) is 13.7. The third kappa shape index (κ3) is 3.19. The number of nitrogens with zero attached hydrogens (tertiary/aromatic N) is 2. The number of aromatic nitrogens is 2. The van der Waals surface area contributed by atoms with E-state index in [2.05, 4.69) is 10.1 Å². The van der Waals surface area contributed by atoms with Crippen LogP contribution in [0.1, 0.15) is 43.8 Å². The molecule has 106 valence electrons. The summed E-state index contributed by atoms with van der Waals surface area (Å²) in [5.41, 5.74) is -0.440. The van der Waals surface area contributed by atoms with Crippen LogP contribution in [0.2, 0.25) is 0 Å². The maximum absolute atomic E-state index is 11.5. The molecule has 1 saturated carbocycles. The Hall–Kier alpha value is -1.27. The fourth-order valence-electron chi connectivity index (χ4n) is 2.53. The van der Waals surface area contributed by atoms with Gasteiger partial charge in [-0.15, -0.1) is 0 Å². The van der Waals surface area contributed by atoms with Crippen LogP contribution in [0.4, 0.5) is 0 Å². The van der Waals surface area contributed by atoms with Gasteiger partial charge in [0.2, 0.25) is 11.7 Å². The van der Waals surface area contributed by atoms with E-state index in [0.717, 1.165) is 25.7 Å². The number of ether oxygens (including phenoxy) is 2.